The highest BCUT2D eigenvalue weighted by Crippen LogP contribution is 2.22. The van der Waals surface area contributed by atoms with Crippen LogP contribution in [0.3, 0.4) is 0 Å². The first-order valence-electron chi connectivity index (χ1n) is 5.05. The summed E-state index contributed by atoms with van der Waals surface area (Å²) < 4.78 is 5.25. The molecule has 0 spiro atoms. The first-order chi connectivity index (χ1) is 7.59. The highest BCUT2D eigenvalue weighted by molar-refractivity contribution is 5.74. The number of aliphatic carboxylic acids is 1. The van der Waals surface area contributed by atoms with Gasteiger partial charge < -0.3 is 15.6 Å². The van der Waals surface area contributed by atoms with Crippen molar-refractivity contribution >= 4 is 11.8 Å². The van der Waals surface area contributed by atoms with Gasteiger partial charge >= 0.3 is 5.97 Å². The Balaban J connectivity index is 2.42. The molecule has 1 aliphatic rings. The molecular weight excluding hydrogens is 210 g/mol. The normalized spacial score (nSPS) is 16.6. The van der Waals surface area contributed by atoms with Gasteiger partial charge in [0.25, 0.3) is 0 Å². The van der Waals surface area contributed by atoms with Gasteiger partial charge in [0.05, 0.1) is 18.9 Å². The molecule has 0 amide bonds. The van der Waals surface area contributed by atoms with Crippen molar-refractivity contribution in [2.45, 2.75) is 25.9 Å². The lowest BCUT2D eigenvalue weighted by molar-refractivity contribution is -0.138. The summed E-state index contributed by atoms with van der Waals surface area (Å²) >= 11 is 0. The van der Waals surface area contributed by atoms with Crippen LogP contribution in [0.5, 0.6) is 0 Å². The van der Waals surface area contributed by atoms with Crippen LogP contribution in [0, 0.1) is 0 Å². The van der Waals surface area contributed by atoms with E-state index in [1.165, 1.54) is 6.92 Å². The van der Waals surface area contributed by atoms with Crippen molar-refractivity contribution in [2.75, 3.05) is 12.3 Å². The maximum atomic E-state index is 10.8. The van der Waals surface area contributed by atoms with Gasteiger partial charge in [0, 0.05) is 12.0 Å². The first-order valence-corrected chi connectivity index (χ1v) is 5.05. The van der Waals surface area contributed by atoms with E-state index >= 15 is 0 Å². The Morgan fingerprint density at radius 2 is 2.31 bits per heavy atom. The van der Waals surface area contributed by atoms with Crippen LogP contribution in [-0.2, 0) is 22.6 Å². The van der Waals surface area contributed by atoms with E-state index in [-0.39, 0.29) is 5.82 Å². The lowest BCUT2D eigenvalue weighted by atomic mass is 10.1. The Hall–Kier alpha value is -1.69. The largest absolute Gasteiger partial charge is 0.481 e. The molecule has 1 unspecified atom stereocenters. The van der Waals surface area contributed by atoms with Gasteiger partial charge in [-0.25, -0.2) is 9.97 Å². The summed E-state index contributed by atoms with van der Waals surface area (Å²) in [7, 11) is 0. The van der Waals surface area contributed by atoms with Crippen molar-refractivity contribution in [1.29, 1.82) is 0 Å². The molecule has 0 aromatic carbocycles. The maximum absolute atomic E-state index is 10.8. The molecule has 1 aromatic rings. The molecule has 2 rings (SSSR count). The SMILES string of the molecule is CC(C(=O)O)c1nc(N)c2c(n1)COCC2. The number of hydrogen-bond acceptors (Lipinski definition) is 5. The number of nitrogen functional groups attached to an aromatic ring is 1. The fourth-order valence-electron chi connectivity index (χ4n) is 1.61. The monoisotopic (exact) mass is 223 g/mol. The molecule has 0 fully saturated rings. The highest BCUT2D eigenvalue weighted by Gasteiger charge is 2.22. The van der Waals surface area contributed by atoms with Gasteiger partial charge in [-0.1, -0.05) is 0 Å². The minimum atomic E-state index is -0.962. The number of fused-ring (bicyclic) bond motifs is 1. The predicted molar refractivity (Wildman–Crippen MR) is 55.9 cm³/mol. The number of hydrogen-bond donors (Lipinski definition) is 2. The summed E-state index contributed by atoms with van der Waals surface area (Å²) in [5.41, 5.74) is 7.37. The molecular formula is C10H13N3O3. The molecule has 6 nitrogen and oxygen atoms in total. The topological polar surface area (TPSA) is 98.3 Å². The first kappa shape index (κ1) is 10.8. The van der Waals surface area contributed by atoms with Gasteiger partial charge in [-0.15, -0.1) is 0 Å². The Labute approximate surface area is 92.5 Å². The molecule has 16 heavy (non-hydrogen) atoms. The molecule has 0 aliphatic carbocycles. The second-order valence-corrected chi connectivity index (χ2v) is 3.75. The van der Waals surface area contributed by atoms with Crippen LogP contribution < -0.4 is 5.73 Å². The third-order valence-corrected chi connectivity index (χ3v) is 2.63. The van der Waals surface area contributed by atoms with Crippen molar-refractivity contribution in [3.05, 3.63) is 17.1 Å². The minimum Gasteiger partial charge on any atom is -0.481 e. The number of carbonyl (C=O) groups is 1. The van der Waals surface area contributed by atoms with Crippen LogP contribution in [0.2, 0.25) is 0 Å². The number of ether oxygens (including phenoxy) is 1. The number of nitrogens with two attached hydrogens (primary N) is 1. The van der Waals surface area contributed by atoms with Gasteiger partial charge in [0.15, 0.2) is 0 Å². The summed E-state index contributed by atoms with van der Waals surface area (Å²) in [4.78, 5) is 19.1. The van der Waals surface area contributed by atoms with Gasteiger partial charge in [0.1, 0.15) is 17.6 Å². The third kappa shape index (κ3) is 1.83. The molecule has 0 bridgehead atoms. The van der Waals surface area contributed by atoms with Gasteiger partial charge in [0.2, 0.25) is 0 Å². The molecule has 1 aliphatic heterocycles. The predicted octanol–water partition coefficient (Wildman–Crippen LogP) is 0.320. The van der Waals surface area contributed by atoms with Crippen molar-refractivity contribution in [3.63, 3.8) is 0 Å². The summed E-state index contributed by atoms with van der Waals surface area (Å²) in [6, 6.07) is 0. The van der Waals surface area contributed by atoms with Crippen LogP contribution in [0.25, 0.3) is 0 Å². The third-order valence-electron chi connectivity index (χ3n) is 2.63. The molecule has 6 heteroatoms. The van der Waals surface area contributed by atoms with Crippen LogP contribution in [0.4, 0.5) is 5.82 Å². The zero-order valence-electron chi connectivity index (χ0n) is 8.93. The standard InChI is InChI=1S/C10H13N3O3/c1-5(10(14)15)9-12-7-4-16-3-2-6(7)8(11)13-9/h5H,2-4H2,1H3,(H,14,15)(H2,11,12,13). The molecule has 0 radical (unpaired) electrons. The van der Waals surface area contributed by atoms with E-state index in [2.05, 4.69) is 9.97 Å². The van der Waals surface area contributed by atoms with Crippen molar-refractivity contribution < 1.29 is 14.6 Å². The summed E-state index contributed by atoms with van der Waals surface area (Å²) in [5, 5.41) is 8.88. The minimum absolute atomic E-state index is 0.245. The van der Waals surface area contributed by atoms with E-state index in [1.807, 2.05) is 0 Å². The quantitative estimate of drug-likeness (QED) is 0.749. The average molecular weight is 223 g/mol. The zero-order chi connectivity index (χ0) is 11.7. The van der Waals surface area contributed by atoms with E-state index in [0.29, 0.717) is 31.1 Å². The smallest absolute Gasteiger partial charge is 0.313 e. The lowest BCUT2D eigenvalue weighted by Gasteiger charge is -2.18. The fraction of sp³-hybridized carbons (Fsp3) is 0.500. The number of rotatable bonds is 2. The van der Waals surface area contributed by atoms with Crippen LogP contribution >= 0.6 is 0 Å². The number of aromatic nitrogens is 2. The molecule has 2 heterocycles. The molecule has 1 aromatic heterocycles. The van der Waals surface area contributed by atoms with E-state index in [4.69, 9.17) is 15.6 Å². The van der Waals surface area contributed by atoms with E-state index < -0.39 is 11.9 Å². The number of anilines is 1. The van der Waals surface area contributed by atoms with E-state index in [1.54, 1.807) is 0 Å². The van der Waals surface area contributed by atoms with E-state index in [9.17, 15) is 4.79 Å². The number of carboxylic acid groups (broad SMARTS) is 1. The lowest BCUT2D eigenvalue weighted by Crippen LogP contribution is -2.20. The van der Waals surface area contributed by atoms with E-state index in [0.717, 1.165) is 5.56 Å². The number of nitrogens with zero attached hydrogens (tertiary/aromatic N) is 2. The highest BCUT2D eigenvalue weighted by atomic mass is 16.5. The van der Waals surface area contributed by atoms with Gasteiger partial charge in [-0.2, -0.15) is 0 Å². The van der Waals surface area contributed by atoms with Crippen LogP contribution in [-0.4, -0.2) is 27.7 Å². The maximum Gasteiger partial charge on any atom is 0.313 e. The van der Waals surface area contributed by atoms with Crippen LogP contribution in [0.1, 0.15) is 29.9 Å². The molecule has 0 saturated carbocycles. The van der Waals surface area contributed by atoms with Gasteiger partial charge in [-0.3, -0.25) is 4.79 Å². The average Bonchev–Trinajstić information content (AvgIpc) is 2.28. The van der Waals surface area contributed by atoms with Crippen molar-refractivity contribution in [3.8, 4) is 0 Å². The Morgan fingerprint density at radius 3 is 3.00 bits per heavy atom. The summed E-state index contributed by atoms with van der Waals surface area (Å²) in [6.07, 6.45) is 0.683. The number of carboxylic acids is 1. The van der Waals surface area contributed by atoms with Gasteiger partial charge in [-0.05, 0) is 6.92 Å². The Bertz CT molecular complexity index is 434. The summed E-state index contributed by atoms with van der Waals surface area (Å²) in [5.74, 6) is -1.10. The second kappa shape index (κ2) is 4.05. The zero-order valence-corrected chi connectivity index (χ0v) is 8.93. The molecule has 1 atom stereocenters. The summed E-state index contributed by atoms with van der Waals surface area (Å²) in [6.45, 7) is 2.52. The molecule has 86 valence electrons. The molecule has 3 N–H and O–H groups in total. The van der Waals surface area contributed by atoms with Crippen molar-refractivity contribution in [1.82, 2.24) is 9.97 Å². The Morgan fingerprint density at radius 1 is 1.56 bits per heavy atom. The second-order valence-electron chi connectivity index (χ2n) is 3.75. The van der Waals surface area contributed by atoms with Crippen molar-refractivity contribution in [2.24, 2.45) is 0 Å². The molecule has 0 saturated heterocycles. The fourth-order valence-corrected chi connectivity index (χ4v) is 1.61. The van der Waals surface area contributed by atoms with Crippen LogP contribution in [0.15, 0.2) is 0 Å². The Kier molecular flexibility index (Phi) is 2.74.